The summed E-state index contributed by atoms with van der Waals surface area (Å²) >= 11 is 0. The average Bonchev–Trinajstić information content (AvgIpc) is 2.81. The summed E-state index contributed by atoms with van der Waals surface area (Å²) in [6.45, 7) is 8.17. The van der Waals surface area contributed by atoms with Gasteiger partial charge in [-0.15, -0.1) is 13.2 Å². The molecule has 0 heterocycles. The molecule has 38 heavy (non-hydrogen) atoms. The number of carbonyl (C=O) groups is 2. The molecule has 5 atom stereocenters. The number of allylic oxidation sites excluding steroid dienone is 5. The molecule has 0 aromatic heterocycles. The minimum absolute atomic E-state index is 0.0741. The lowest BCUT2D eigenvalue weighted by molar-refractivity contribution is -0.336. The van der Waals surface area contributed by atoms with Crippen LogP contribution in [0.5, 0.6) is 0 Å². The fourth-order valence-electron chi connectivity index (χ4n) is 4.92. The molecule has 0 bridgehead atoms. The van der Waals surface area contributed by atoms with Crippen LogP contribution in [-0.4, -0.2) is 48.2 Å². The molecule has 3 aliphatic carbocycles. The van der Waals surface area contributed by atoms with E-state index >= 15 is 0 Å². The van der Waals surface area contributed by atoms with Gasteiger partial charge >= 0.3 is 12.3 Å². The summed E-state index contributed by atoms with van der Waals surface area (Å²) in [5.74, 6) is -1.43. The summed E-state index contributed by atoms with van der Waals surface area (Å²) < 4.78 is 48.1. The molecule has 0 saturated carbocycles. The molecule has 1 amide bonds. The van der Waals surface area contributed by atoms with Gasteiger partial charge in [0, 0.05) is 6.54 Å². The zero-order valence-electron chi connectivity index (χ0n) is 22.1. The summed E-state index contributed by atoms with van der Waals surface area (Å²) in [6, 6.07) is 0. The van der Waals surface area contributed by atoms with Crippen LogP contribution < -0.4 is 5.32 Å². The molecule has 0 fully saturated rings. The summed E-state index contributed by atoms with van der Waals surface area (Å²) in [5.41, 5.74) is 3.85. The Morgan fingerprint density at radius 3 is 2.37 bits per heavy atom. The van der Waals surface area contributed by atoms with Crippen molar-refractivity contribution in [2.45, 2.75) is 71.6 Å². The highest BCUT2D eigenvalue weighted by Crippen LogP contribution is 2.34. The molecule has 5 unspecified atom stereocenters. The average molecular weight is 536 g/mol. The third-order valence-corrected chi connectivity index (χ3v) is 6.79. The molecule has 3 rings (SSSR count). The van der Waals surface area contributed by atoms with Crippen LogP contribution in [0.15, 0.2) is 70.9 Å². The van der Waals surface area contributed by atoms with Gasteiger partial charge in [-0.3, -0.25) is 14.3 Å². The van der Waals surface area contributed by atoms with Crippen molar-refractivity contribution < 1.29 is 37.3 Å². The van der Waals surface area contributed by atoms with E-state index in [1.165, 1.54) is 6.08 Å². The van der Waals surface area contributed by atoms with Crippen LogP contribution in [0.2, 0.25) is 0 Å². The normalized spacial score (nSPS) is 26.3. The summed E-state index contributed by atoms with van der Waals surface area (Å²) in [6.07, 6.45) is 9.45. The summed E-state index contributed by atoms with van der Waals surface area (Å²) in [4.78, 5) is 23.2. The van der Waals surface area contributed by atoms with E-state index in [0.717, 1.165) is 22.3 Å². The molecule has 3 aliphatic rings. The molecule has 0 spiro atoms. The highest BCUT2D eigenvalue weighted by Gasteiger charge is 2.33. The molecule has 2 N–H and O–H groups in total. The Kier molecular flexibility index (Phi) is 9.95. The number of hydrogen-bond donors (Lipinski definition) is 2. The number of carboxylic acids is 1. The maximum absolute atomic E-state index is 12.5. The van der Waals surface area contributed by atoms with E-state index in [-0.39, 0.29) is 55.3 Å². The van der Waals surface area contributed by atoms with E-state index in [0.29, 0.717) is 6.42 Å². The van der Waals surface area contributed by atoms with Crippen molar-refractivity contribution in [3.63, 3.8) is 0 Å². The van der Waals surface area contributed by atoms with Crippen LogP contribution in [0.4, 0.5) is 13.2 Å². The van der Waals surface area contributed by atoms with Gasteiger partial charge in [0.05, 0.1) is 30.7 Å². The standard InChI is InChI=1S/C29H36F3NO5/c1-17(2)27(21-7-11-25(18(3)15-21)28(36)33-14-13-26(34)35)37-23-10-12-24(19(4)16-23)20-5-8-22(9-6-20)38-29(30,31)32/h5-8,11-12,15-18,22-23,25,27H,9-10,13-14H2,1-4H3,(H,33,36)(H,34,35). The Balaban J connectivity index is 1.60. The van der Waals surface area contributed by atoms with Crippen molar-refractivity contribution in [2.24, 2.45) is 17.8 Å². The van der Waals surface area contributed by atoms with Crippen molar-refractivity contribution in [1.29, 1.82) is 0 Å². The number of amides is 1. The maximum atomic E-state index is 12.5. The van der Waals surface area contributed by atoms with Crippen LogP contribution in [0.3, 0.4) is 0 Å². The largest absolute Gasteiger partial charge is 0.523 e. The number of alkyl halides is 3. The van der Waals surface area contributed by atoms with Gasteiger partial charge in [-0.2, -0.15) is 0 Å². The number of carbonyl (C=O) groups excluding carboxylic acids is 1. The van der Waals surface area contributed by atoms with Crippen molar-refractivity contribution in [3.8, 4) is 0 Å². The second kappa shape index (κ2) is 12.8. The van der Waals surface area contributed by atoms with Crippen LogP contribution in [-0.2, 0) is 19.1 Å². The number of hydrogen-bond acceptors (Lipinski definition) is 4. The van der Waals surface area contributed by atoms with Crippen molar-refractivity contribution >= 4 is 11.9 Å². The van der Waals surface area contributed by atoms with Gasteiger partial charge in [0.25, 0.3) is 0 Å². The molecule has 0 aliphatic heterocycles. The first-order chi connectivity index (χ1) is 17.8. The molecular formula is C29H36F3NO5. The second-order valence-electron chi connectivity index (χ2n) is 10.2. The lowest BCUT2D eigenvalue weighted by atomic mass is 9.83. The highest BCUT2D eigenvalue weighted by atomic mass is 19.4. The number of carboxylic acid groups (broad SMARTS) is 1. The monoisotopic (exact) mass is 535 g/mol. The smallest absolute Gasteiger partial charge is 0.481 e. The minimum Gasteiger partial charge on any atom is -0.481 e. The van der Waals surface area contributed by atoms with E-state index in [4.69, 9.17) is 9.84 Å². The fourth-order valence-corrected chi connectivity index (χ4v) is 4.92. The second-order valence-corrected chi connectivity index (χ2v) is 10.2. The zero-order valence-corrected chi connectivity index (χ0v) is 22.1. The SMILES string of the molecule is CC1=CC(OC(C2=CC(C)C(C(=O)NCCC(=O)O)C=C2)C(C)C)CC=C1C1=CCC(OC(F)(F)F)C=C1. The van der Waals surface area contributed by atoms with Crippen molar-refractivity contribution in [3.05, 3.63) is 70.9 Å². The molecule has 9 heteroatoms. The number of halogens is 3. The third kappa shape index (κ3) is 8.30. The number of aliphatic carboxylic acids is 1. The Morgan fingerprint density at radius 2 is 1.82 bits per heavy atom. The van der Waals surface area contributed by atoms with E-state index < -0.39 is 18.4 Å². The topological polar surface area (TPSA) is 84.9 Å². The molecule has 0 aromatic rings. The van der Waals surface area contributed by atoms with Crippen LogP contribution in [0.1, 0.15) is 47.0 Å². The number of nitrogens with one attached hydrogen (secondary N) is 1. The van der Waals surface area contributed by atoms with Gasteiger partial charge in [-0.1, -0.05) is 69.4 Å². The quantitative estimate of drug-likeness (QED) is 0.369. The predicted octanol–water partition coefficient (Wildman–Crippen LogP) is 5.80. The van der Waals surface area contributed by atoms with Gasteiger partial charge in [-0.05, 0) is 53.9 Å². The molecular weight excluding hydrogens is 499 g/mol. The molecule has 0 saturated heterocycles. The molecule has 0 aromatic carbocycles. The van der Waals surface area contributed by atoms with Crippen molar-refractivity contribution in [1.82, 2.24) is 5.32 Å². The lowest BCUT2D eigenvalue weighted by Crippen LogP contribution is -2.36. The predicted molar refractivity (Wildman–Crippen MR) is 138 cm³/mol. The lowest BCUT2D eigenvalue weighted by Gasteiger charge is -2.32. The van der Waals surface area contributed by atoms with Crippen LogP contribution in [0, 0.1) is 17.8 Å². The van der Waals surface area contributed by atoms with Crippen LogP contribution >= 0.6 is 0 Å². The van der Waals surface area contributed by atoms with Gasteiger partial charge in [-0.25, -0.2) is 0 Å². The van der Waals surface area contributed by atoms with Gasteiger partial charge in [0.1, 0.15) is 0 Å². The highest BCUT2D eigenvalue weighted by molar-refractivity contribution is 5.82. The number of ether oxygens (including phenoxy) is 2. The van der Waals surface area contributed by atoms with Gasteiger partial charge < -0.3 is 15.2 Å². The van der Waals surface area contributed by atoms with E-state index in [1.54, 1.807) is 12.2 Å². The molecule has 0 radical (unpaired) electrons. The Labute approximate surface area is 221 Å². The first-order valence-corrected chi connectivity index (χ1v) is 12.9. The van der Waals surface area contributed by atoms with Crippen molar-refractivity contribution in [2.75, 3.05) is 6.54 Å². The Hall–Kier alpha value is -2.91. The summed E-state index contributed by atoms with van der Waals surface area (Å²) in [5, 5.41) is 11.5. The van der Waals surface area contributed by atoms with Gasteiger partial charge in [0.2, 0.25) is 5.91 Å². The first-order valence-electron chi connectivity index (χ1n) is 12.9. The maximum Gasteiger partial charge on any atom is 0.523 e. The van der Waals surface area contributed by atoms with E-state index in [2.05, 4.69) is 30.0 Å². The van der Waals surface area contributed by atoms with E-state index in [9.17, 15) is 22.8 Å². The van der Waals surface area contributed by atoms with E-state index in [1.807, 2.05) is 38.2 Å². The van der Waals surface area contributed by atoms with Gasteiger partial charge in [0.15, 0.2) is 0 Å². The zero-order chi connectivity index (χ0) is 28.0. The minimum atomic E-state index is -4.66. The summed E-state index contributed by atoms with van der Waals surface area (Å²) in [7, 11) is 0. The third-order valence-electron chi connectivity index (χ3n) is 6.79. The Morgan fingerprint density at radius 1 is 1.11 bits per heavy atom. The Bertz CT molecular complexity index is 1080. The fraction of sp³-hybridized carbons (Fsp3) is 0.517. The molecule has 6 nitrogen and oxygen atoms in total. The number of rotatable bonds is 10. The first kappa shape index (κ1) is 29.6. The molecule has 208 valence electrons. The van der Waals surface area contributed by atoms with Crippen LogP contribution in [0.25, 0.3) is 0 Å².